The largest absolute Gasteiger partial charge is 0.341 e. The van der Waals surface area contributed by atoms with Gasteiger partial charge in [0, 0.05) is 0 Å². The standard InChI is InChI=1S/C4H9Cl3SSi/c5-9(6,7)4-2-1-3-8/h8H,1-4H2. The Kier molecular flexibility index (Phi) is 5.96. The Balaban J connectivity index is 3.07. The molecule has 0 bridgehead atoms. The summed E-state index contributed by atoms with van der Waals surface area (Å²) in [5.74, 6) is 0.884. The molecule has 0 aromatic carbocycles. The molecule has 56 valence electrons. The topological polar surface area (TPSA) is 0 Å². The third kappa shape index (κ3) is 9.44. The first-order valence-corrected chi connectivity index (χ1v) is 8.61. The molecule has 0 nitrogen and oxygen atoms in total. The van der Waals surface area contributed by atoms with Crippen molar-refractivity contribution in [2.45, 2.75) is 18.9 Å². The number of hydrogen-bond donors (Lipinski definition) is 1. The summed E-state index contributed by atoms with van der Waals surface area (Å²) in [6.45, 7) is 0. The predicted molar refractivity (Wildman–Crippen MR) is 51.2 cm³/mol. The summed E-state index contributed by atoms with van der Waals surface area (Å²) in [5.41, 5.74) is 0. The molecule has 0 aliphatic rings. The third-order valence-corrected chi connectivity index (χ3v) is 3.81. The molecule has 0 rings (SSSR count). The van der Waals surface area contributed by atoms with Gasteiger partial charge in [0.1, 0.15) is 0 Å². The van der Waals surface area contributed by atoms with Crippen molar-refractivity contribution < 1.29 is 0 Å². The second kappa shape index (κ2) is 5.14. The summed E-state index contributed by atoms with van der Waals surface area (Å²) in [5, 5.41) is 0. The molecule has 9 heavy (non-hydrogen) atoms. The van der Waals surface area contributed by atoms with Gasteiger partial charge in [0.25, 0.3) is 0 Å². The number of rotatable bonds is 4. The summed E-state index contributed by atoms with van der Waals surface area (Å²) in [6, 6.07) is -1.55. The summed E-state index contributed by atoms with van der Waals surface area (Å²) < 4.78 is 0. The Morgan fingerprint density at radius 3 is 2.00 bits per heavy atom. The molecule has 0 aromatic rings. The van der Waals surface area contributed by atoms with Crippen LogP contribution in [0.5, 0.6) is 0 Å². The molecule has 0 aliphatic heterocycles. The van der Waals surface area contributed by atoms with E-state index < -0.39 is 6.00 Å². The van der Waals surface area contributed by atoms with Crippen LogP contribution in [0.15, 0.2) is 0 Å². The van der Waals surface area contributed by atoms with Crippen molar-refractivity contribution in [3.8, 4) is 0 Å². The minimum atomic E-state index is -2.31. The van der Waals surface area contributed by atoms with E-state index in [0.717, 1.165) is 24.6 Å². The average Bonchev–Trinajstić information content (AvgIpc) is 1.63. The highest BCUT2D eigenvalue weighted by molar-refractivity contribution is 7.80. The van der Waals surface area contributed by atoms with Crippen LogP contribution in [0.3, 0.4) is 0 Å². The van der Waals surface area contributed by atoms with Crippen LogP contribution >= 0.6 is 45.9 Å². The van der Waals surface area contributed by atoms with Crippen molar-refractivity contribution in [2.75, 3.05) is 5.75 Å². The van der Waals surface area contributed by atoms with Crippen molar-refractivity contribution in [1.82, 2.24) is 0 Å². The van der Waals surface area contributed by atoms with Crippen molar-refractivity contribution in [3.63, 3.8) is 0 Å². The predicted octanol–water partition coefficient (Wildman–Crippen LogP) is 3.35. The fourth-order valence-electron chi connectivity index (χ4n) is 0.437. The van der Waals surface area contributed by atoms with Gasteiger partial charge in [-0.2, -0.15) is 12.6 Å². The normalized spacial score (nSPS) is 12.0. The van der Waals surface area contributed by atoms with E-state index in [2.05, 4.69) is 12.6 Å². The molecule has 0 amide bonds. The Morgan fingerprint density at radius 1 is 1.11 bits per heavy atom. The van der Waals surface area contributed by atoms with Gasteiger partial charge in [-0.3, -0.25) is 0 Å². The van der Waals surface area contributed by atoms with Gasteiger partial charge in [-0.25, -0.2) is 0 Å². The van der Waals surface area contributed by atoms with Gasteiger partial charge in [-0.05, 0) is 18.2 Å². The molecule has 0 aromatic heterocycles. The zero-order valence-electron chi connectivity index (χ0n) is 4.91. The van der Waals surface area contributed by atoms with E-state index in [1.807, 2.05) is 0 Å². The summed E-state index contributed by atoms with van der Waals surface area (Å²) in [7, 11) is 0. The molecule has 0 aliphatic carbocycles. The van der Waals surface area contributed by atoms with E-state index in [0.29, 0.717) is 0 Å². The molecule has 0 unspecified atom stereocenters. The average molecular weight is 224 g/mol. The number of thiol groups is 1. The molecular formula is C4H9Cl3SSi. The van der Waals surface area contributed by atoms with E-state index in [4.69, 9.17) is 33.2 Å². The summed E-state index contributed by atoms with van der Waals surface area (Å²) in [6.07, 6.45) is 2.04. The van der Waals surface area contributed by atoms with Crippen LogP contribution in [0.2, 0.25) is 6.04 Å². The zero-order valence-corrected chi connectivity index (χ0v) is 9.07. The summed E-state index contributed by atoms with van der Waals surface area (Å²) >= 11 is 20.9. The Morgan fingerprint density at radius 2 is 1.67 bits per heavy atom. The van der Waals surface area contributed by atoms with E-state index in [1.54, 1.807) is 0 Å². The smallest absolute Gasteiger partial charge is 0.179 e. The fourth-order valence-corrected chi connectivity index (χ4v) is 2.51. The van der Waals surface area contributed by atoms with Gasteiger partial charge in [0.2, 0.25) is 0 Å². The lowest BCUT2D eigenvalue weighted by Crippen LogP contribution is -2.07. The highest BCUT2D eigenvalue weighted by Crippen LogP contribution is 2.26. The molecule has 0 heterocycles. The second-order valence-electron chi connectivity index (χ2n) is 1.80. The molecule has 5 heteroatoms. The Labute approximate surface area is 76.4 Å². The van der Waals surface area contributed by atoms with E-state index >= 15 is 0 Å². The van der Waals surface area contributed by atoms with E-state index in [-0.39, 0.29) is 0 Å². The lowest BCUT2D eigenvalue weighted by atomic mass is 10.4. The molecule has 0 N–H and O–H groups in total. The summed E-state index contributed by atoms with van der Waals surface area (Å²) in [4.78, 5) is 0. The van der Waals surface area contributed by atoms with Crippen LogP contribution in [-0.2, 0) is 0 Å². The SMILES string of the molecule is SCCCC[Si](Cl)(Cl)Cl. The van der Waals surface area contributed by atoms with Crippen LogP contribution < -0.4 is 0 Å². The van der Waals surface area contributed by atoms with Gasteiger partial charge in [0.15, 0.2) is 0 Å². The van der Waals surface area contributed by atoms with Crippen LogP contribution in [0.1, 0.15) is 12.8 Å². The lowest BCUT2D eigenvalue weighted by Gasteiger charge is -2.04. The van der Waals surface area contributed by atoms with Gasteiger partial charge >= 0.3 is 6.00 Å². The molecule has 0 saturated carbocycles. The van der Waals surface area contributed by atoms with Gasteiger partial charge in [0.05, 0.1) is 0 Å². The lowest BCUT2D eigenvalue weighted by molar-refractivity contribution is 0.892. The van der Waals surface area contributed by atoms with Crippen molar-refractivity contribution in [3.05, 3.63) is 0 Å². The maximum atomic E-state index is 5.61. The highest BCUT2D eigenvalue weighted by Gasteiger charge is 2.23. The zero-order chi connectivity index (χ0) is 7.33. The van der Waals surface area contributed by atoms with Crippen molar-refractivity contribution in [1.29, 1.82) is 0 Å². The van der Waals surface area contributed by atoms with E-state index in [1.165, 1.54) is 0 Å². The maximum Gasteiger partial charge on any atom is 0.341 e. The molecule has 0 atom stereocenters. The molecule has 0 radical (unpaired) electrons. The van der Waals surface area contributed by atoms with Crippen LogP contribution in [0, 0.1) is 0 Å². The van der Waals surface area contributed by atoms with Gasteiger partial charge in [-0.15, -0.1) is 33.2 Å². The van der Waals surface area contributed by atoms with Crippen molar-refractivity contribution in [2.24, 2.45) is 0 Å². The Bertz CT molecular complexity index is 72.7. The maximum absolute atomic E-state index is 5.61. The Hall–Kier alpha value is 1.44. The minimum absolute atomic E-state index is 0.762. The first-order chi connectivity index (χ1) is 4.06. The van der Waals surface area contributed by atoms with Crippen LogP contribution in [0.4, 0.5) is 0 Å². The highest BCUT2D eigenvalue weighted by atomic mass is 35.8. The second-order valence-corrected chi connectivity index (χ2v) is 11.5. The van der Waals surface area contributed by atoms with Crippen LogP contribution in [0.25, 0.3) is 0 Å². The van der Waals surface area contributed by atoms with Crippen LogP contribution in [-0.4, -0.2) is 11.8 Å². The van der Waals surface area contributed by atoms with E-state index in [9.17, 15) is 0 Å². The minimum Gasteiger partial charge on any atom is -0.179 e. The quantitative estimate of drug-likeness (QED) is 0.321. The van der Waals surface area contributed by atoms with Gasteiger partial charge < -0.3 is 0 Å². The van der Waals surface area contributed by atoms with Crippen molar-refractivity contribution >= 4 is 51.9 Å². The molecule has 0 fully saturated rings. The number of hydrogen-bond acceptors (Lipinski definition) is 1. The molecular weight excluding hydrogens is 215 g/mol. The first-order valence-electron chi connectivity index (χ1n) is 2.74. The number of unbranched alkanes of at least 4 members (excludes halogenated alkanes) is 1. The monoisotopic (exact) mass is 222 g/mol. The molecule has 0 spiro atoms. The first kappa shape index (κ1) is 10.4. The number of halogens is 3. The fraction of sp³-hybridized carbons (Fsp3) is 1.00. The van der Waals surface area contributed by atoms with Gasteiger partial charge in [-0.1, -0.05) is 6.42 Å². The third-order valence-electron chi connectivity index (χ3n) is 0.868. The molecule has 0 saturated heterocycles.